The van der Waals surface area contributed by atoms with E-state index in [1.807, 2.05) is 6.92 Å². The molecule has 0 amide bonds. The Balaban J connectivity index is 2.34. The normalized spacial score (nSPS) is 19.1. The number of hydrogen-bond acceptors (Lipinski definition) is 4. The number of thiophene rings is 1. The molecule has 1 aliphatic heterocycles. The van der Waals surface area contributed by atoms with Crippen LogP contribution in [-0.2, 0) is 10.0 Å². The second-order valence-corrected chi connectivity index (χ2v) is 8.09. The van der Waals surface area contributed by atoms with Gasteiger partial charge in [0.1, 0.15) is 0 Å². The molecule has 15 heavy (non-hydrogen) atoms. The standard InChI is InChI=1S/C8H11BrN2O2S2/c1-5-7(2-8(9)14-5)15(12,13)11-3-6(10)4-11/h2,6H,3-4,10H2,1H3. The summed E-state index contributed by atoms with van der Waals surface area (Å²) in [5, 5.41) is 0. The van der Waals surface area contributed by atoms with Crippen LogP contribution in [0.15, 0.2) is 14.7 Å². The minimum atomic E-state index is -3.31. The van der Waals surface area contributed by atoms with Gasteiger partial charge in [-0.3, -0.25) is 0 Å². The molecule has 0 radical (unpaired) electrons. The summed E-state index contributed by atoms with van der Waals surface area (Å²) < 4.78 is 26.4. The van der Waals surface area contributed by atoms with Crippen LogP contribution in [0.3, 0.4) is 0 Å². The van der Waals surface area contributed by atoms with Crippen LogP contribution in [0.4, 0.5) is 0 Å². The van der Waals surface area contributed by atoms with Crippen molar-refractivity contribution >= 4 is 37.3 Å². The van der Waals surface area contributed by atoms with Crippen LogP contribution in [0.2, 0.25) is 0 Å². The number of halogens is 1. The molecule has 0 unspecified atom stereocenters. The first-order chi connectivity index (χ1) is 6.91. The quantitative estimate of drug-likeness (QED) is 0.891. The summed E-state index contributed by atoms with van der Waals surface area (Å²) >= 11 is 4.72. The van der Waals surface area contributed by atoms with Crippen molar-refractivity contribution in [3.8, 4) is 0 Å². The van der Waals surface area contributed by atoms with E-state index in [1.54, 1.807) is 6.07 Å². The van der Waals surface area contributed by atoms with Crippen molar-refractivity contribution in [2.75, 3.05) is 13.1 Å². The van der Waals surface area contributed by atoms with Gasteiger partial charge in [-0.1, -0.05) is 0 Å². The maximum absolute atomic E-state index is 12.1. The van der Waals surface area contributed by atoms with Crippen LogP contribution < -0.4 is 5.73 Å². The fourth-order valence-electron chi connectivity index (χ4n) is 1.49. The largest absolute Gasteiger partial charge is 0.325 e. The zero-order chi connectivity index (χ0) is 11.2. The van der Waals surface area contributed by atoms with Crippen LogP contribution in [-0.4, -0.2) is 31.9 Å². The number of aryl methyl sites for hydroxylation is 1. The summed E-state index contributed by atoms with van der Waals surface area (Å²) in [6.07, 6.45) is 0. The van der Waals surface area contributed by atoms with Gasteiger partial charge in [0.2, 0.25) is 10.0 Å². The second kappa shape index (κ2) is 3.81. The third-order valence-corrected chi connectivity index (χ3v) is 5.98. The van der Waals surface area contributed by atoms with Gasteiger partial charge in [0.25, 0.3) is 0 Å². The maximum atomic E-state index is 12.1. The van der Waals surface area contributed by atoms with Crippen LogP contribution >= 0.6 is 27.3 Å². The molecule has 0 aromatic carbocycles. The van der Waals surface area contributed by atoms with Crippen molar-refractivity contribution < 1.29 is 8.42 Å². The molecule has 2 heterocycles. The first kappa shape index (κ1) is 11.5. The van der Waals surface area contributed by atoms with Crippen molar-refractivity contribution in [1.82, 2.24) is 4.31 Å². The first-order valence-electron chi connectivity index (χ1n) is 4.43. The SMILES string of the molecule is Cc1sc(Br)cc1S(=O)(=O)N1CC(N)C1. The van der Waals surface area contributed by atoms with Crippen molar-refractivity contribution in [2.45, 2.75) is 17.9 Å². The molecule has 1 aliphatic rings. The minimum absolute atomic E-state index is 0.0119. The Kier molecular flexibility index (Phi) is 2.93. The van der Waals surface area contributed by atoms with Gasteiger partial charge in [-0.05, 0) is 28.9 Å². The van der Waals surface area contributed by atoms with E-state index in [9.17, 15) is 8.42 Å². The number of nitrogens with zero attached hydrogens (tertiary/aromatic N) is 1. The molecular weight excluding hydrogens is 300 g/mol. The van der Waals surface area contributed by atoms with Gasteiger partial charge >= 0.3 is 0 Å². The Labute approximate surface area is 101 Å². The van der Waals surface area contributed by atoms with E-state index in [0.29, 0.717) is 18.0 Å². The Bertz CT molecular complexity index is 477. The highest BCUT2D eigenvalue weighted by molar-refractivity contribution is 9.11. The van der Waals surface area contributed by atoms with Crippen molar-refractivity contribution in [2.24, 2.45) is 5.73 Å². The average Bonchev–Trinajstić information content (AvgIpc) is 2.40. The molecule has 1 aromatic heterocycles. The summed E-state index contributed by atoms with van der Waals surface area (Å²) in [7, 11) is -3.31. The lowest BCUT2D eigenvalue weighted by molar-refractivity contribution is 0.265. The minimum Gasteiger partial charge on any atom is -0.325 e. The van der Waals surface area contributed by atoms with Crippen LogP contribution in [0, 0.1) is 6.92 Å². The van der Waals surface area contributed by atoms with E-state index in [1.165, 1.54) is 15.6 Å². The zero-order valence-electron chi connectivity index (χ0n) is 8.10. The van der Waals surface area contributed by atoms with Gasteiger partial charge in [0.15, 0.2) is 0 Å². The maximum Gasteiger partial charge on any atom is 0.244 e. The number of sulfonamides is 1. The summed E-state index contributed by atoms with van der Waals surface area (Å²) in [5.74, 6) is 0. The third kappa shape index (κ3) is 1.99. The molecular formula is C8H11BrN2O2S2. The van der Waals surface area contributed by atoms with E-state index in [-0.39, 0.29) is 6.04 Å². The molecule has 0 saturated carbocycles. The van der Waals surface area contributed by atoms with E-state index >= 15 is 0 Å². The van der Waals surface area contributed by atoms with Gasteiger partial charge in [0, 0.05) is 24.0 Å². The number of hydrogen-bond donors (Lipinski definition) is 1. The van der Waals surface area contributed by atoms with E-state index in [0.717, 1.165) is 8.66 Å². The molecule has 1 fully saturated rings. The molecule has 0 spiro atoms. The van der Waals surface area contributed by atoms with Gasteiger partial charge in [-0.2, -0.15) is 4.31 Å². The molecule has 7 heteroatoms. The van der Waals surface area contributed by atoms with Crippen LogP contribution in [0.5, 0.6) is 0 Å². The molecule has 1 aromatic rings. The van der Waals surface area contributed by atoms with E-state index < -0.39 is 10.0 Å². The molecule has 2 rings (SSSR count). The number of nitrogens with two attached hydrogens (primary N) is 1. The Morgan fingerprint density at radius 3 is 2.60 bits per heavy atom. The topological polar surface area (TPSA) is 63.4 Å². The van der Waals surface area contributed by atoms with Crippen molar-refractivity contribution in [3.63, 3.8) is 0 Å². The average molecular weight is 311 g/mol. The van der Waals surface area contributed by atoms with E-state index in [4.69, 9.17) is 5.73 Å². The highest BCUT2D eigenvalue weighted by atomic mass is 79.9. The first-order valence-corrected chi connectivity index (χ1v) is 7.48. The second-order valence-electron chi connectivity index (χ2n) is 3.55. The molecule has 2 N–H and O–H groups in total. The smallest absolute Gasteiger partial charge is 0.244 e. The third-order valence-electron chi connectivity index (χ3n) is 2.34. The molecule has 1 saturated heterocycles. The highest BCUT2D eigenvalue weighted by Crippen LogP contribution is 2.32. The van der Waals surface area contributed by atoms with Crippen LogP contribution in [0.25, 0.3) is 0 Å². The zero-order valence-corrected chi connectivity index (χ0v) is 11.3. The molecule has 4 nitrogen and oxygen atoms in total. The molecule has 0 aliphatic carbocycles. The Morgan fingerprint density at radius 1 is 1.60 bits per heavy atom. The lowest BCUT2D eigenvalue weighted by atomic mass is 10.2. The van der Waals surface area contributed by atoms with Gasteiger partial charge in [0.05, 0.1) is 8.68 Å². The lowest BCUT2D eigenvalue weighted by Gasteiger charge is -2.35. The van der Waals surface area contributed by atoms with Gasteiger partial charge in [-0.25, -0.2) is 8.42 Å². The molecule has 0 bridgehead atoms. The van der Waals surface area contributed by atoms with Gasteiger partial charge < -0.3 is 5.73 Å². The highest BCUT2D eigenvalue weighted by Gasteiger charge is 2.36. The number of rotatable bonds is 2. The Morgan fingerprint density at radius 2 is 2.20 bits per heavy atom. The lowest BCUT2D eigenvalue weighted by Crippen LogP contribution is -2.57. The summed E-state index contributed by atoms with van der Waals surface area (Å²) in [6.45, 7) is 2.66. The Hall–Kier alpha value is 0.0500. The van der Waals surface area contributed by atoms with Crippen molar-refractivity contribution in [3.05, 3.63) is 14.7 Å². The van der Waals surface area contributed by atoms with E-state index in [2.05, 4.69) is 15.9 Å². The summed E-state index contributed by atoms with van der Waals surface area (Å²) in [5.41, 5.74) is 5.57. The molecule has 0 atom stereocenters. The van der Waals surface area contributed by atoms with Crippen molar-refractivity contribution in [1.29, 1.82) is 0 Å². The fraction of sp³-hybridized carbons (Fsp3) is 0.500. The molecule has 84 valence electrons. The van der Waals surface area contributed by atoms with Crippen LogP contribution in [0.1, 0.15) is 4.88 Å². The fourth-order valence-corrected chi connectivity index (χ4v) is 5.43. The predicted octanol–water partition coefficient (Wildman–Crippen LogP) is 1.15. The van der Waals surface area contributed by atoms with Gasteiger partial charge in [-0.15, -0.1) is 11.3 Å². The monoisotopic (exact) mass is 310 g/mol. The predicted molar refractivity (Wildman–Crippen MR) is 63.5 cm³/mol. The summed E-state index contributed by atoms with van der Waals surface area (Å²) in [6, 6.07) is 1.64. The summed E-state index contributed by atoms with van der Waals surface area (Å²) in [4.78, 5) is 1.20.